The molecule has 2 amide bonds. The van der Waals surface area contributed by atoms with E-state index in [0.29, 0.717) is 37.7 Å². The smallest absolute Gasteiger partial charge is 0.243 e. The fraction of sp³-hybridized carbons (Fsp3) is 0.636. The Hall–Kier alpha value is -1.93. The summed E-state index contributed by atoms with van der Waals surface area (Å²) in [7, 11) is -1.79. The van der Waals surface area contributed by atoms with Gasteiger partial charge in [0.25, 0.3) is 0 Å². The zero-order valence-corrected chi connectivity index (χ0v) is 19.1. The van der Waals surface area contributed by atoms with Crippen LogP contribution >= 0.6 is 0 Å². The summed E-state index contributed by atoms with van der Waals surface area (Å²) in [5, 5.41) is 0. The third-order valence-corrected chi connectivity index (χ3v) is 8.09. The molecule has 3 rings (SSSR count). The predicted octanol–water partition coefficient (Wildman–Crippen LogP) is 2.64. The first kappa shape index (κ1) is 22.7. The first-order valence-corrected chi connectivity index (χ1v) is 12.4. The van der Waals surface area contributed by atoms with Crippen molar-refractivity contribution in [1.82, 2.24) is 9.21 Å². The predicted molar refractivity (Wildman–Crippen MR) is 117 cm³/mol. The maximum absolute atomic E-state index is 13.1. The monoisotopic (exact) mass is 435 g/mol. The lowest BCUT2D eigenvalue weighted by atomic mass is 10.0. The number of hydrogen-bond acceptors (Lipinski definition) is 4. The Morgan fingerprint density at radius 3 is 2.57 bits per heavy atom. The highest BCUT2D eigenvalue weighted by Gasteiger charge is 2.31. The molecule has 166 valence electrons. The first-order valence-electron chi connectivity index (χ1n) is 10.9. The molecule has 0 N–H and O–H groups in total. The van der Waals surface area contributed by atoms with Gasteiger partial charge >= 0.3 is 0 Å². The summed E-state index contributed by atoms with van der Waals surface area (Å²) in [6.07, 6.45) is 4.44. The van der Waals surface area contributed by atoms with Crippen LogP contribution in [0.3, 0.4) is 0 Å². The molecule has 0 aromatic heterocycles. The van der Waals surface area contributed by atoms with Crippen molar-refractivity contribution in [1.29, 1.82) is 0 Å². The molecular weight excluding hydrogens is 402 g/mol. The molecule has 30 heavy (non-hydrogen) atoms. The van der Waals surface area contributed by atoms with Crippen LogP contribution in [0.25, 0.3) is 0 Å². The SMILES string of the molecule is CCCCN(C)C(=O)CN1C(=O)CCc2cc(S(=O)(=O)N3CCC(C)CC3)ccc21. The number of hydrogen-bond donors (Lipinski definition) is 0. The Morgan fingerprint density at radius 2 is 1.90 bits per heavy atom. The van der Waals surface area contributed by atoms with E-state index in [1.54, 1.807) is 34.5 Å². The van der Waals surface area contributed by atoms with E-state index < -0.39 is 10.0 Å². The number of likely N-dealkylation sites (N-methyl/N-ethyl adjacent to an activating group) is 1. The van der Waals surface area contributed by atoms with Crippen molar-refractivity contribution >= 4 is 27.5 Å². The molecule has 0 radical (unpaired) electrons. The van der Waals surface area contributed by atoms with Crippen molar-refractivity contribution in [3.63, 3.8) is 0 Å². The number of fused-ring (bicyclic) bond motifs is 1. The molecular formula is C22H33N3O4S. The largest absolute Gasteiger partial charge is 0.344 e. The van der Waals surface area contributed by atoms with Gasteiger partial charge in [-0.25, -0.2) is 8.42 Å². The van der Waals surface area contributed by atoms with Crippen LogP contribution in [0.4, 0.5) is 5.69 Å². The molecule has 1 fully saturated rings. The number of rotatable bonds is 7. The third kappa shape index (κ3) is 4.86. The van der Waals surface area contributed by atoms with Crippen LogP contribution in [0, 0.1) is 5.92 Å². The highest BCUT2D eigenvalue weighted by Crippen LogP contribution is 2.32. The van der Waals surface area contributed by atoms with Crippen LogP contribution in [-0.2, 0) is 26.0 Å². The highest BCUT2D eigenvalue weighted by atomic mass is 32.2. The Labute approximate surface area is 180 Å². The summed E-state index contributed by atoms with van der Waals surface area (Å²) in [6.45, 7) is 5.96. The van der Waals surface area contributed by atoms with E-state index in [1.165, 1.54) is 4.90 Å². The molecule has 2 heterocycles. The number of anilines is 1. The van der Waals surface area contributed by atoms with E-state index in [1.807, 2.05) is 0 Å². The quantitative estimate of drug-likeness (QED) is 0.660. The normalized spacial score (nSPS) is 18.4. The number of carbonyl (C=O) groups excluding carboxylic acids is 2. The number of sulfonamides is 1. The van der Waals surface area contributed by atoms with Gasteiger partial charge in [-0.1, -0.05) is 20.3 Å². The van der Waals surface area contributed by atoms with Gasteiger partial charge in [0.05, 0.1) is 4.90 Å². The maximum Gasteiger partial charge on any atom is 0.243 e. The lowest BCUT2D eigenvalue weighted by Gasteiger charge is -2.32. The Kier molecular flexibility index (Phi) is 7.18. The van der Waals surface area contributed by atoms with Crippen molar-refractivity contribution in [2.45, 2.75) is 57.3 Å². The second-order valence-electron chi connectivity index (χ2n) is 8.53. The minimum atomic E-state index is -3.54. The molecule has 8 heteroatoms. The van der Waals surface area contributed by atoms with Crippen LogP contribution in [0.2, 0.25) is 0 Å². The Bertz CT molecular complexity index is 892. The van der Waals surface area contributed by atoms with Crippen molar-refractivity contribution in [2.75, 3.05) is 38.1 Å². The third-order valence-electron chi connectivity index (χ3n) is 6.20. The molecule has 0 spiro atoms. The number of benzene rings is 1. The van der Waals surface area contributed by atoms with E-state index in [4.69, 9.17) is 0 Å². The van der Waals surface area contributed by atoms with E-state index in [9.17, 15) is 18.0 Å². The number of piperidine rings is 1. The second-order valence-corrected chi connectivity index (χ2v) is 10.5. The van der Waals surface area contributed by atoms with Crippen molar-refractivity contribution in [3.8, 4) is 0 Å². The molecule has 0 aliphatic carbocycles. The molecule has 7 nitrogen and oxygen atoms in total. The average molecular weight is 436 g/mol. The van der Waals surface area contributed by atoms with E-state index in [-0.39, 0.29) is 29.7 Å². The summed E-state index contributed by atoms with van der Waals surface area (Å²) in [6, 6.07) is 4.95. The summed E-state index contributed by atoms with van der Waals surface area (Å²) in [5.41, 5.74) is 1.46. The van der Waals surface area contributed by atoms with Crippen molar-refractivity contribution < 1.29 is 18.0 Å². The van der Waals surface area contributed by atoms with Crippen LogP contribution in [-0.4, -0.2) is 62.7 Å². The number of amides is 2. The fourth-order valence-electron chi connectivity index (χ4n) is 4.02. The van der Waals surface area contributed by atoms with E-state index >= 15 is 0 Å². The molecule has 0 atom stereocenters. The van der Waals surface area contributed by atoms with Crippen LogP contribution < -0.4 is 4.90 Å². The zero-order valence-electron chi connectivity index (χ0n) is 18.3. The van der Waals surface area contributed by atoms with Crippen molar-refractivity contribution in [2.24, 2.45) is 5.92 Å². The van der Waals surface area contributed by atoms with Gasteiger partial charge in [-0.3, -0.25) is 9.59 Å². The lowest BCUT2D eigenvalue weighted by Crippen LogP contribution is -2.44. The van der Waals surface area contributed by atoms with Gasteiger partial charge in [0.15, 0.2) is 0 Å². The van der Waals surface area contributed by atoms with Gasteiger partial charge in [-0.2, -0.15) is 4.31 Å². The zero-order chi connectivity index (χ0) is 21.9. The number of carbonyl (C=O) groups is 2. The minimum absolute atomic E-state index is 0.0117. The molecule has 0 unspecified atom stereocenters. The fourth-order valence-corrected chi connectivity index (χ4v) is 5.54. The summed E-state index contributed by atoms with van der Waals surface area (Å²) in [4.78, 5) is 28.5. The van der Waals surface area contributed by atoms with Gasteiger partial charge in [0.1, 0.15) is 6.54 Å². The van der Waals surface area contributed by atoms with Crippen LogP contribution in [0.15, 0.2) is 23.1 Å². The first-order chi connectivity index (χ1) is 14.2. The molecule has 1 aromatic carbocycles. The van der Waals surface area contributed by atoms with E-state index in [0.717, 1.165) is 31.2 Å². The topological polar surface area (TPSA) is 78.0 Å². The highest BCUT2D eigenvalue weighted by molar-refractivity contribution is 7.89. The summed E-state index contributed by atoms with van der Waals surface area (Å²) >= 11 is 0. The van der Waals surface area contributed by atoms with Gasteiger partial charge in [0, 0.05) is 38.8 Å². The second kappa shape index (κ2) is 9.47. The number of aryl methyl sites for hydroxylation is 1. The maximum atomic E-state index is 13.1. The average Bonchev–Trinajstić information content (AvgIpc) is 2.73. The van der Waals surface area contributed by atoms with E-state index in [2.05, 4.69) is 13.8 Å². The van der Waals surface area contributed by atoms with Gasteiger partial charge in [-0.05, 0) is 55.4 Å². The van der Waals surface area contributed by atoms with Gasteiger partial charge < -0.3 is 9.80 Å². The number of unbranched alkanes of at least 4 members (excludes halogenated alkanes) is 1. The van der Waals surface area contributed by atoms with Gasteiger partial charge in [-0.15, -0.1) is 0 Å². The molecule has 1 saturated heterocycles. The molecule has 0 saturated carbocycles. The van der Waals surface area contributed by atoms with Crippen LogP contribution in [0.5, 0.6) is 0 Å². The van der Waals surface area contributed by atoms with Crippen LogP contribution in [0.1, 0.15) is 51.5 Å². The molecule has 2 aliphatic rings. The molecule has 2 aliphatic heterocycles. The summed E-state index contributed by atoms with van der Waals surface area (Å²) < 4.78 is 27.7. The summed E-state index contributed by atoms with van der Waals surface area (Å²) in [5.74, 6) is 0.344. The lowest BCUT2D eigenvalue weighted by molar-refractivity contribution is -0.130. The minimum Gasteiger partial charge on any atom is -0.344 e. The standard InChI is InChI=1S/C22H33N3O4S/c1-4-5-12-23(3)22(27)16-25-20-8-7-19(15-18(20)6-9-21(25)26)30(28,29)24-13-10-17(2)11-14-24/h7-8,15,17H,4-6,9-14,16H2,1-3H3. The Balaban J connectivity index is 1.80. The van der Waals surface area contributed by atoms with Gasteiger partial charge in [0.2, 0.25) is 21.8 Å². The Morgan fingerprint density at radius 1 is 1.20 bits per heavy atom. The molecule has 1 aromatic rings. The van der Waals surface area contributed by atoms with Crippen molar-refractivity contribution in [3.05, 3.63) is 23.8 Å². The number of nitrogens with zero attached hydrogens (tertiary/aromatic N) is 3. The molecule has 0 bridgehead atoms.